The summed E-state index contributed by atoms with van der Waals surface area (Å²) >= 11 is 0. The monoisotopic (exact) mass is 528 g/mol. The second-order valence-corrected chi connectivity index (χ2v) is 8.99. The third kappa shape index (κ3) is 21.5. The van der Waals surface area contributed by atoms with Crippen molar-refractivity contribution < 1.29 is 38.6 Å². The molecule has 1 atom stereocenters. The lowest BCUT2D eigenvalue weighted by Gasteiger charge is -2.13. The first-order valence-electron chi connectivity index (χ1n) is 14.1. The Labute approximate surface area is 224 Å². The molecular weight excluding hydrogens is 476 g/mol. The zero-order valence-electron chi connectivity index (χ0n) is 23.1. The number of ether oxygens (including phenoxy) is 6. The molecule has 0 bridgehead atoms. The summed E-state index contributed by atoms with van der Waals surface area (Å²) in [5.41, 5.74) is 2.22. The molecule has 1 aromatic carbocycles. The average molecular weight is 529 g/mol. The van der Waals surface area contributed by atoms with Crippen molar-refractivity contribution in [3.8, 4) is 0 Å². The molecule has 8 nitrogen and oxygen atoms in total. The van der Waals surface area contributed by atoms with Gasteiger partial charge in [-0.1, -0.05) is 69.7 Å². The molecule has 0 fully saturated rings. The van der Waals surface area contributed by atoms with Crippen LogP contribution in [0.2, 0.25) is 0 Å². The molecular formula is C29H52O8. The number of aryl methyl sites for hydroxylation is 1. The van der Waals surface area contributed by atoms with E-state index in [9.17, 15) is 5.11 Å². The van der Waals surface area contributed by atoms with Gasteiger partial charge in [0, 0.05) is 0 Å². The van der Waals surface area contributed by atoms with Crippen LogP contribution in [0.3, 0.4) is 0 Å². The van der Waals surface area contributed by atoms with Crippen LogP contribution in [0.1, 0.15) is 69.1 Å². The summed E-state index contributed by atoms with van der Waals surface area (Å²) in [5, 5.41) is 18.9. The van der Waals surface area contributed by atoms with E-state index in [1.165, 1.54) is 50.5 Å². The zero-order valence-corrected chi connectivity index (χ0v) is 23.1. The molecule has 0 aromatic heterocycles. The highest BCUT2D eigenvalue weighted by molar-refractivity contribution is 5.24. The van der Waals surface area contributed by atoms with E-state index in [2.05, 4.69) is 19.1 Å². The summed E-state index contributed by atoms with van der Waals surface area (Å²) in [4.78, 5) is 0. The Morgan fingerprint density at radius 3 is 1.49 bits per heavy atom. The third-order valence-corrected chi connectivity index (χ3v) is 5.80. The maximum absolute atomic E-state index is 10.3. The van der Waals surface area contributed by atoms with E-state index in [0.29, 0.717) is 72.7 Å². The Hall–Kier alpha value is -1.10. The minimum Gasteiger partial charge on any atom is -0.394 e. The molecule has 0 aliphatic rings. The molecule has 0 radical (unpaired) electrons. The van der Waals surface area contributed by atoms with Gasteiger partial charge in [-0.15, -0.1) is 0 Å². The zero-order chi connectivity index (χ0) is 26.7. The fourth-order valence-electron chi connectivity index (χ4n) is 3.65. The predicted octanol–water partition coefficient (Wildman–Crippen LogP) is 4.11. The van der Waals surface area contributed by atoms with Crippen LogP contribution < -0.4 is 0 Å². The smallest absolute Gasteiger partial charge is 0.102 e. The molecule has 0 amide bonds. The molecule has 1 aromatic rings. The van der Waals surface area contributed by atoms with Crippen molar-refractivity contribution in [1.82, 2.24) is 0 Å². The first-order chi connectivity index (χ1) is 18.3. The van der Waals surface area contributed by atoms with E-state index in [4.69, 9.17) is 33.5 Å². The van der Waals surface area contributed by atoms with Gasteiger partial charge < -0.3 is 38.6 Å². The van der Waals surface area contributed by atoms with Crippen LogP contribution in [0.5, 0.6) is 0 Å². The lowest BCUT2D eigenvalue weighted by Crippen LogP contribution is -2.15. The normalized spacial score (nSPS) is 12.3. The lowest BCUT2D eigenvalue weighted by molar-refractivity contribution is -0.0246. The van der Waals surface area contributed by atoms with Crippen LogP contribution in [-0.2, 0) is 34.8 Å². The molecule has 37 heavy (non-hydrogen) atoms. The quantitative estimate of drug-likeness (QED) is 0.157. The first-order valence-corrected chi connectivity index (χ1v) is 14.1. The van der Waals surface area contributed by atoms with Crippen molar-refractivity contribution in [1.29, 1.82) is 0 Å². The number of unbranched alkanes of at least 4 members (excludes halogenated alkanes) is 6. The maximum Gasteiger partial charge on any atom is 0.102 e. The largest absolute Gasteiger partial charge is 0.394 e. The fraction of sp³-hybridized carbons (Fsp3) is 0.793. The maximum atomic E-state index is 10.3. The van der Waals surface area contributed by atoms with Gasteiger partial charge in [-0.3, -0.25) is 0 Å². The van der Waals surface area contributed by atoms with Crippen molar-refractivity contribution in [2.45, 2.75) is 64.4 Å². The Kier molecular flexibility index (Phi) is 24.3. The van der Waals surface area contributed by atoms with Gasteiger partial charge in [-0.25, -0.2) is 0 Å². The molecule has 0 spiro atoms. The average Bonchev–Trinajstić information content (AvgIpc) is 2.92. The standard InChI is InChI=1S/C29H52O8/c1-2-3-4-5-6-7-8-9-27-10-12-28(13-11-27)29(31)26-37-25-24-36-23-22-35-21-20-34-19-18-33-17-16-32-15-14-30/h10-13,29-31H,2-9,14-26H2,1H3. The van der Waals surface area contributed by atoms with E-state index in [0.717, 1.165) is 12.0 Å². The van der Waals surface area contributed by atoms with Crippen molar-refractivity contribution >= 4 is 0 Å². The van der Waals surface area contributed by atoms with Crippen LogP contribution in [-0.4, -0.2) is 96.1 Å². The summed E-state index contributed by atoms with van der Waals surface area (Å²) in [7, 11) is 0. The van der Waals surface area contributed by atoms with Crippen molar-refractivity contribution in [3.63, 3.8) is 0 Å². The molecule has 1 rings (SSSR count). The van der Waals surface area contributed by atoms with E-state index < -0.39 is 6.10 Å². The predicted molar refractivity (Wildman–Crippen MR) is 145 cm³/mol. The van der Waals surface area contributed by atoms with Crippen LogP contribution in [0.15, 0.2) is 24.3 Å². The topological polar surface area (TPSA) is 95.8 Å². The summed E-state index contributed by atoms with van der Waals surface area (Å²) in [5.74, 6) is 0. The number of aliphatic hydroxyl groups excluding tert-OH is 2. The second kappa shape index (κ2) is 26.5. The van der Waals surface area contributed by atoms with Gasteiger partial charge in [-0.05, 0) is 24.0 Å². The lowest BCUT2D eigenvalue weighted by atomic mass is 10.0. The fourth-order valence-corrected chi connectivity index (χ4v) is 3.65. The number of aliphatic hydroxyl groups is 2. The van der Waals surface area contributed by atoms with E-state index >= 15 is 0 Å². The minimum absolute atomic E-state index is 0.0287. The minimum atomic E-state index is -0.624. The van der Waals surface area contributed by atoms with Gasteiger partial charge in [0.2, 0.25) is 0 Å². The van der Waals surface area contributed by atoms with E-state index in [1.807, 2.05) is 12.1 Å². The van der Waals surface area contributed by atoms with Crippen LogP contribution in [0.25, 0.3) is 0 Å². The molecule has 8 heteroatoms. The molecule has 0 saturated heterocycles. The highest BCUT2D eigenvalue weighted by atomic mass is 16.6. The number of hydrogen-bond acceptors (Lipinski definition) is 8. The van der Waals surface area contributed by atoms with Gasteiger partial charge >= 0.3 is 0 Å². The molecule has 0 heterocycles. The Bertz CT molecular complexity index is 584. The van der Waals surface area contributed by atoms with E-state index in [1.54, 1.807) is 0 Å². The van der Waals surface area contributed by atoms with Gasteiger partial charge in [0.15, 0.2) is 0 Å². The van der Waals surface area contributed by atoms with Crippen LogP contribution in [0, 0.1) is 0 Å². The molecule has 0 saturated carbocycles. The van der Waals surface area contributed by atoms with Crippen molar-refractivity contribution in [3.05, 3.63) is 35.4 Å². The molecule has 0 aliphatic carbocycles. The summed E-state index contributed by atoms with van der Waals surface area (Å²) in [6, 6.07) is 8.25. The highest BCUT2D eigenvalue weighted by Gasteiger charge is 2.07. The van der Waals surface area contributed by atoms with Gasteiger partial charge in [-0.2, -0.15) is 0 Å². The SMILES string of the molecule is CCCCCCCCCc1ccc(C(O)COCCOCCOCCOCCOCCOCCO)cc1. The summed E-state index contributed by atoms with van der Waals surface area (Å²) in [6.07, 6.45) is 9.72. The number of benzene rings is 1. The molecule has 0 aliphatic heterocycles. The van der Waals surface area contributed by atoms with Crippen molar-refractivity contribution in [2.24, 2.45) is 0 Å². The molecule has 1 unspecified atom stereocenters. The number of hydrogen-bond donors (Lipinski definition) is 2. The Morgan fingerprint density at radius 1 is 0.568 bits per heavy atom. The summed E-state index contributed by atoms with van der Waals surface area (Å²) < 4.78 is 32.3. The molecule has 2 N–H and O–H groups in total. The van der Waals surface area contributed by atoms with Gasteiger partial charge in [0.05, 0.1) is 85.9 Å². The van der Waals surface area contributed by atoms with Gasteiger partial charge in [0.1, 0.15) is 6.10 Å². The van der Waals surface area contributed by atoms with Crippen LogP contribution in [0.4, 0.5) is 0 Å². The summed E-state index contributed by atoms with van der Waals surface area (Å²) in [6.45, 7) is 7.74. The van der Waals surface area contributed by atoms with Crippen LogP contribution >= 0.6 is 0 Å². The van der Waals surface area contributed by atoms with Crippen molar-refractivity contribution in [2.75, 3.05) is 85.9 Å². The van der Waals surface area contributed by atoms with E-state index in [-0.39, 0.29) is 13.2 Å². The third-order valence-electron chi connectivity index (χ3n) is 5.80. The first kappa shape index (κ1) is 33.9. The Balaban J connectivity index is 1.87. The number of rotatable bonds is 28. The Morgan fingerprint density at radius 2 is 1.00 bits per heavy atom. The van der Waals surface area contributed by atoms with Gasteiger partial charge in [0.25, 0.3) is 0 Å². The second-order valence-electron chi connectivity index (χ2n) is 8.99. The molecule has 216 valence electrons. The highest BCUT2D eigenvalue weighted by Crippen LogP contribution is 2.16.